The van der Waals surface area contributed by atoms with E-state index in [-0.39, 0.29) is 18.2 Å². The summed E-state index contributed by atoms with van der Waals surface area (Å²) in [7, 11) is 1.65. The van der Waals surface area contributed by atoms with Crippen LogP contribution in [0.1, 0.15) is 22.3 Å². The van der Waals surface area contributed by atoms with Crippen molar-refractivity contribution in [3.8, 4) is 5.75 Å². The van der Waals surface area contributed by atoms with Gasteiger partial charge >= 0.3 is 0 Å². The maximum Gasteiger partial charge on any atom is 0.251 e. The van der Waals surface area contributed by atoms with Crippen molar-refractivity contribution in [3.05, 3.63) is 63.6 Å². The highest BCUT2D eigenvalue weighted by Gasteiger charge is 2.22. The molecule has 3 rings (SSSR count). The Labute approximate surface area is 186 Å². The lowest BCUT2D eigenvalue weighted by Gasteiger charge is -2.35. The van der Waals surface area contributed by atoms with Crippen LogP contribution in [0.5, 0.6) is 5.75 Å². The number of carbonyl (C=O) groups is 2. The van der Waals surface area contributed by atoms with Crippen LogP contribution in [0.15, 0.2) is 42.5 Å². The zero-order chi connectivity index (χ0) is 21.5. The number of amides is 2. The molecule has 30 heavy (non-hydrogen) atoms. The van der Waals surface area contributed by atoms with Crippen LogP contribution in [-0.4, -0.2) is 61.4 Å². The first-order valence-corrected chi connectivity index (χ1v) is 10.6. The van der Waals surface area contributed by atoms with Gasteiger partial charge in [-0.15, -0.1) is 0 Å². The van der Waals surface area contributed by atoms with Crippen molar-refractivity contribution in [2.24, 2.45) is 0 Å². The fourth-order valence-electron chi connectivity index (χ4n) is 3.41. The topological polar surface area (TPSA) is 61.9 Å². The molecule has 1 aliphatic rings. The quantitative estimate of drug-likeness (QED) is 0.702. The monoisotopic (exact) mass is 449 g/mol. The molecule has 2 amide bonds. The van der Waals surface area contributed by atoms with Crippen LogP contribution >= 0.6 is 23.2 Å². The number of benzene rings is 2. The molecule has 0 unspecified atom stereocenters. The van der Waals surface area contributed by atoms with Crippen LogP contribution in [0.25, 0.3) is 0 Å². The van der Waals surface area contributed by atoms with Crippen molar-refractivity contribution in [1.82, 2.24) is 15.1 Å². The summed E-state index contributed by atoms with van der Waals surface area (Å²) in [6, 6.07) is 12.3. The standard InChI is InChI=1S/C22H25Cl2N3O3/c1-30-20-7-6-19(24)14-17(20)15-26-10-12-27(13-11-26)21(28)8-9-25-22(29)16-2-4-18(23)5-3-16/h2-7,14H,8-13,15H2,1H3,(H,25,29). The number of ether oxygens (including phenoxy) is 1. The molecule has 2 aromatic rings. The van der Waals surface area contributed by atoms with E-state index in [4.69, 9.17) is 27.9 Å². The lowest BCUT2D eigenvalue weighted by Crippen LogP contribution is -2.48. The Morgan fingerprint density at radius 2 is 1.67 bits per heavy atom. The highest BCUT2D eigenvalue weighted by molar-refractivity contribution is 6.31. The molecule has 0 spiro atoms. The minimum Gasteiger partial charge on any atom is -0.496 e. The van der Waals surface area contributed by atoms with E-state index in [2.05, 4.69) is 10.2 Å². The van der Waals surface area contributed by atoms with Gasteiger partial charge in [-0.05, 0) is 42.5 Å². The maximum absolute atomic E-state index is 12.5. The van der Waals surface area contributed by atoms with Crippen LogP contribution in [0, 0.1) is 0 Å². The summed E-state index contributed by atoms with van der Waals surface area (Å²) in [5.41, 5.74) is 1.56. The molecule has 0 bridgehead atoms. The zero-order valence-corrected chi connectivity index (χ0v) is 18.4. The SMILES string of the molecule is COc1ccc(Cl)cc1CN1CCN(C(=O)CCNC(=O)c2ccc(Cl)cc2)CC1. The van der Waals surface area contributed by atoms with Crippen LogP contribution in [0.4, 0.5) is 0 Å². The summed E-state index contributed by atoms with van der Waals surface area (Å²) in [5, 5.41) is 4.04. The van der Waals surface area contributed by atoms with Gasteiger partial charge in [0.1, 0.15) is 5.75 Å². The predicted octanol–water partition coefficient (Wildman–Crippen LogP) is 3.47. The third-order valence-corrected chi connectivity index (χ3v) is 5.58. The van der Waals surface area contributed by atoms with Crippen molar-refractivity contribution in [3.63, 3.8) is 0 Å². The van der Waals surface area contributed by atoms with Gasteiger partial charge in [0.05, 0.1) is 7.11 Å². The Kier molecular flexibility index (Phi) is 7.96. The van der Waals surface area contributed by atoms with Gasteiger partial charge in [-0.1, -0.05) is 23.2 Å². The summed E-state index contributed by atoms with van der Waals surface area (Å²) in [4.78, 5) is 28.7. The molecule has 160 valence electrons. The molecule has 1 fully saturated rings. The summed E-state index contributed by atoms with van der Waals surface area (Å²) >= 11 is 11.9. The van der Waals surface area contributed by atoms with Crippen molar-refractivity contribution in [2.75, 3.05) is 39.8 Å². The summed E-state index contributed by atoms with van der Waals surface area (Å²) in [5.74, 6) is 0.653. The van der Waals surface area contributed by atoms with Crippen LogP contribution in [0.3, 0.4) is 0 Å². The van der Waals surface area contributed by atoms with Gasteiger partial charge in [0.15, 0.2) is 0 Å². The Morgan fingerprint density at radius 3 is 2.33 bits per heavy atom. The molecule has 0 aromatic heterocycles. The van der Waals surface area contributed by atoms with Gasteiger partial charge in [-0.3, -0.25) is 14.5 Å². The molecular weight excluding hydrogens is 425 g/mol. The second-order valence-electron chi connectivity index (χ2n) is 7.13. The first-order chi connectivity index (χ1) is 14.5. The number of nitrogens with zero attached hydrogens (tertiary/aromatic N) is 2. The lowest BCUT2D eigenvalue weighted by atomic mass is 10.1. The number of carbonyl (C=O) groups excluding carboxylic acids is 2. The molecule has 0 atom stereocenters. The fraction of sp³-hybridized carbons (Fsp3) is 0.364. The smallest absolute Gasteiger partial charge is 0.251 e. The molecule has 1 saturated heterocycles. The van der Waals surface area contributed by atoms with E-state index in [9.17, 15) is 9.59 Å². The number of halogens is 2. The van der Waals surface area contributed by atoms with Gasteiger partial charge in [-0.2, -0.15) is 0 Å². The minimum absolute atomic E-state index is 0.0476. The second kappa shape index (κ2) is 10.7. The van der Waals surface area contributed by atoms with Crippen LogP contribution in [0.2, 0.25) is 10.0 Å². The number of methoxy groups -OCH3 is 1. The average Bonchev–Trinajstić information content (AvgIpc) is 2.75. The van der Waals surface area contributed by atoms with Crippen LogP contribution in [-0.2, 0) is 11.3 Å². The van der Waals surface area contributed by atoms with Crippen molar-refractivity contribution in [1.29, 1.82) is 0 Å². The molecule has 1 heterocycles. The number of hydrogen-bond donors (Lipinski definition) is 1. The van der Waals surface area contributed by atoms with Gasteiger partial charge in [0.2, 0.25) is 5.91 Å². The van der Waals surface area contributed by atoms with E-state index in [1.807, 2.05) is 23.1 Å². The average molecular weight is 450 g/mol. The largest absolute Gasteiger partial charge is 0.496 e. The van der Waals surface area contributed by atoms with Gasteiger partial charge < -0.3 is 15.0 Å². The van der Waals surface area contributed by atoms with E-state index >= 15 is 0 Å². The minimum atomic E-state index is -0.209. The fourth-order valence-corrected chi connectivity index (χ4v) is 3.73. The van der Waals surface area contributed by atoms with Gasteiger partial charge in [0, 0.05) is 66.9 Å². The Bertz CT molecular complexity index is 882. The van der Waals surface area contributed by atoms with Gasteiger partial charge in [-0.25, -0.2) is 0 Å². The molecular formula is C22H25Cl2N3O3. The maximum atomic E-state index is 12.5. The third-order valence-electron chi connectivity index (χ3n) is 5.09. The number of rotatable bonds is 7. The van der Waals surface area contributed by atoms with Crippen LogP contribution < -0.4 is 10.1 Å². The third kappa shape index (κ3) is 6.11. The van der Waals surface area contributed by atoms with E-state index in [1.165, 1.54) is 0 Å². The van der Waals surface area contributed by atoms with E-state index in [0.717, 1.165) is 30.9 Å². The molecule has 0 radical (unpaired) electrons. The molecule has 0 aliphatic carbocycles. The lowest BCUT2D eigenvalue weighted by molar-refractivity contribution is -0.132. The van der Waals surface area contributed by atoms with E-state index in [0.29, 0.717) is 35.2 Å². The summed E-state index contributed by atoms with van der Waals surface area (Å²) in [6.07, 6.45) is 0.279. The molecule has 1 N–H and O–H groups in total. The molecule has 1 aliphatic heterocycles. The Balaban J connectivity index is 1.41. The summed E-state index contributed by atoms with van der Waals surface area (Å²) in [6.45, 7) is 3.90. The molecule has 8 heteroatoms. The Morgan fingerprint density at radius 1 is 1.00 bits per heavy atom. The number of piperazine rings is 1. The molecule has 0 saturated carbocycles. The Hall–Kier alpha value is -2.28. The second-order valence-corrected chi connectivity index (χ2v) is 8.00. The molecule has 2 aromatic carbocycles. The molecule has 6 nitrogen and oxygen atoms in total. The normalized spacial score (nSPS) is 14.4. The van der Waals surface area contributed by atoms with E-state index in [1.54, 1.807) is 31.4 Å². The van der Waals surface area contributed by atoms with Crippen molar-refractivity contribution < 1.29 is 14.3 Å². The predicted molar refractivity (Wildman–Crippen MR) is 118 cm³/mol. The van der Waals surface area contributed by atoms with Crippen molar-refractivity contribution in [2.45, 2.75) is 13.0 Å². The number of nitrogens with one attached hydrogen (secondary N) is 1. The van der Waals surface area contributed by atoms with Gasteiger partial charge in [0.25, 0.3) is 5.91 Å². The first kappa shape index (κ1) is 22.4. The van der Waals surface area contributed by atoms with E-state index < -0.39 is 0 Å². The first-order valence-electron chi connectivity index (χ1n) is 9.82. The highest BCUT2D eigenvalue weighted by atomic mass is 35.5. The zero-order valence-electron chi connectivity index (χ0n) is 16.9. The highest BCUT2D eigenvalue weighted by Crippen LogP contribution is 2.24. The number of hydrogen-bond acceptors (Lipinski definition) is 4. The van der Waals surface area contributed by atoms with Crippen molar-refractivity contribution >= 4 is 35.0 Å². The summed E-state index contributed by atoms with van der Waals surface area (Å²) < 4.78 is 5.41.